The Balaban J connectivity index is 1.69. The third-order valence-electron chi connectivity index (χ3n) is 4.66. The van der Waals surface area contributed by atoms with Gasteiger partial charge in [-0.2, -0.15) is 4.31 Å². The molecule has 0 aromatic heterocycles. The minimum absolute atomic E-state index is 0.0938. The summed E-state index contributed by atoms with van der Waals surface area (Å²) in [4.78, 5) is 26.4. The Morgan fingerprint density at radius 2 is 1.79 bits per heavy atom. The summed E-state index contributed by atoms with van der Waals surface area (Å²) in [6, 6.07) is 13.1. The molecule has 0 spiro atoms. The predicted octanol–water partition coefficient (Wildman–Crippen LogP) is 2.94. The number of likely N-dealkylation sites (N-methyl/N-ethyl adjacent to an activating group) is 1. The van der Waals surface area contributed by atoms with Crippen LogP contribution in [0.2, 0.25) is 0 Å². The van der Waals surface area contributed by atoms with Crippen molar-refractivity contribution in [1.82, 2.24) is 9.21 Å². The quantitative estimate of drug-likeness (QED) is 0.689. The molecule has 1 fully saturated rings. The van der Waals surface area contributed by atoms with E-state index in [4.69, 9.17) is 0 Å². The second kappa shape index (κ2) is 9.06. The van der Waals surface area contributed by atoms with Gasteiger partial charge in [-0.25, -0.2) is 8.42 Å². The van der Waals surface area contributed by atoms with E-state index >= 15 is 0 Å². The highest BCUT2D eigenvalue weighted by Crippen LogP contribution is 2.23. The van der Waals surface area contributed by atoms with E-state index in [1.54, 1.807) is 30.3 Å². The number of para-hydroxylation sites is 1. The van der Waals surface area contributed by atoms with Crippen molar-refractivity contribution in [3.05, 3.63) is 58.6 Å². The molecule has 154 valence electrons. The Kier molecular flexibility index (Phi) is 6.71. The fourth-order valence-electron chi connectivity index (χ4n) is 3.13. The second-order valence-corrected chi connectivity index (χ2v) is 9.62. The molecular formula is C20H22BrN3O4S. The van der Waals surface area contributed by atoms with Crippen molar-refractivity contribution in [1.29, 1.82) is 0 Å². The first kappa shape index (κ1) is 21.5. The monoisotopic (exact) mass is 479 g/mol. The standard InChI is InChI=1S/C20H22BrN3O4S/c1-23(14-19(25)22-18-10-3-2-9-17(18)21)20(26)15-7-6-8-16(13-15)29(27,28)24-11-4-5-12-24/h2-3,6-10,13H,4-5,11-12,14H2,1H3,(H,22,25). The zero-order valence-corrected chi connectivity index (χ0v) is 18.4. The number of hydrogen-bond acceptors (Lipinski definition) is 4. The van der Waals surface area contributed by atoms with Crippen LogP contribution in [-0.4, -0.2) is 56.1 Å². The molecule has 2 aromatic carbocycles. The molecular weight excluding hydrogens is 458 g/mol. The maximum absolute atomic E-state index is 12.7. The Bertz CT molecular complexity index is 1020. The number of nitrogens with one attached hydrogen (secondary N) is 1. The number of amides is 2. The number of carbonyl (C=O) groups is 2. The number of hydrogen-bond donors (Lipinski definition) is 1. The Hall–Kier alpha value is -2.23. The van der Waals surface area contributed by atoms with Crippen LogP contribution < -0.4 is 5.32 Å². The number of halogens is 1. The minimum atomic E-state index is -3.61. The molecule has 0 radical (unpaired) electrons. The van der Waals surface area contributed by atoms with E-state index in [0.29, 0.717) is 18.8 Å². The van der Waals surface area contributed by atoms with Crippen molar-refractivity contribution in [3.63, 3.8) is 0 Å². The summed E-state index contributed by atoms with van der Waals surface area (Å²) < 4.78 is 27.6. The van der Waals surface area contributed by atoms with Crippen LogP contribution in [-0.2, 0) is 14.8 Å². The van der Waals surface area contributed by atoms with Crippen molar-refractivity contribution in [2.75, 3.05) is 32.0 Å². The van der Waals surface area contributed by atoms with Gasteiger partial charge in [-0.3, -0.25) is 9.59 Å². The molecule has 1 aliphatic heterocycles. The van der Waals surface area contributed by atoms with Gasteiger partial charge in [-0.15, -0.1) is 0 Å². The molecule has 1 N–H and O–H groups in total. The molecule has 2 aromatic rings. The van der Waals surface area contributed by atoms with E-state index in [2.05, 4.69) is 21.2 Å². The Morgan fingerprint density at radius 1 is 1.10 bits per heavy atom. The summed E-state index contributed by atoms with van der Waals surface area (Å²) in [6.07, 6.45) is 1.68. The molecule has 7 nitrogen and oxygen atoms in total. The first-order valence-corrected chi connectivity index (χ1v) is 11.4. The second-order valence-electron chi connectivity index (χ2n) is 6.83. The van der Waals surface area contributed by atoms with Crippen LogP contribution in [0.5, 0.6) is 0 Å². The van der Waals surface area contributed by atoms with Gasteiger partial charge in [-0.05, 0) is 59.1 Å². The molecule has 1 heterocycles. The molecule has 1 saturated heterocycles. The molecule has 0 bridgehead atoms. The molecule has 0 unspecified atom stereocenters. The SMILES string of the molecule is CN(CC(=O)Nc1ccccc1Br)C(=O)c1cccc(S(=O)(=O)N2CCCC2)c1. The molecule has 29 heavy (non-hydrogen) atoms. The maximum Gasteiger partial charge on any atom is 0.254 e. The van der Waals surface area contributed by atoms with Gasteiger partial charge in [0.25, 0.3) is 5.91 Å². The van der Waals surface area contributed by atoms with Gasteiger partial charge in [0.15, 0.2) is 0 Å². The van der Waals surface area contributed by atoms with Gasteiger partial charge in [0, 0.05) is 30.2 Å². The number of benzene rings is 2. The van der Waals surface area contributed by atoms with Crippen molar-refractivity contribution in [2.24, 2.45) is 0 Å². The largest absolute Gasteiger partial charge is 0.332 e. The molecule has 0 saturated carbocycles. The number of nitrogens with zero attached hydrogens (tertiary/aromatic N) is 2. The van der Waals surface area contributed by atoms with Crippen LogP contribution in [0, 0.1) is 0 Å². The molecule has 2 amide bonds. The molecule has 9 heteroatoms. The van der Waals surface area contributed by atoms with E-state index in [9.17, 15) is 18.0 Å². The van der Waals surface area contributed by atoms with Crippen LogP contribution in [0.15, 0.2) is 57.9 Å². The number of sulfonamides is 1. The topological polar surface area (TPSA) is 86.8 Å². The van der Waals surface area contributed by atoms with E-state index < -0.39 is 15.9 Å². The molecule has 0 aliphatic carbocycles. The van der Waals surface area contributed by atoms with Gasteiger partial charge >= 0.3 is 0 Å². The normalized spacial score (nSPS) is 14.6. The average Bonchev–Trinajstić information content (AvgIpc) is 3.25. The number of anilines is 1. The molecule has 3 rings (SSSR count). The van der Waals surface area contributed by atoms with Gasteiger partial charge in [0.1, 0.15) is 0 Å². The van der Waals surface area contributed by atoms with Crippen LogP contribution in [0.3, 0.4) is 0 Å². The van der Waals surface area contributed by atoms with Crippen molar-refractivity contribution in [3.8, 4) is 0 Å². The third-order valence-corrected chi connectivity index (χ3v) is 7.25. The van der Waals surface area contributed by atoms with E-state index in [-0.39, 0.29) is 22.9 Å². The number of carbonyl (C=O) groups excluding carboxylic acids is 2. The van der Waals surface area contributed by atoms with Gasteiger partial charge in [0.05, 0.1) is 17.1 Å². The van der Waals surface area contributed by atoms with E-state index in [1.165, 1.54) is 28.4 Å². The highest BCUT2D eigenvalue weighted by Gasteiger charge is 2.28. The first-order valence-electron chi connectivity index (χ1n) is 9.19. The zero-order valence-electron chi connectivity index (χ0n) is 16.0. The lowest BCUT2D eigenvalue weighted by Crippen LogP contribution is -2.35. The summed E-state index contributed by atoms with van der Waals surface area (Å²) >= 11 is 3.35. The summed E-state index contributed by atoms with van der Waals surface area (Å²) in [5, 5.41) is 2.74. The predicted molar refractivity (Wildman–Crippen MR) is 114 cm³/mol. The van der Waals surface area contributed by atoms with Crippen LogP contribution in [0.4, 0.5) is 5.69 Å². The van der Waals surface area contributed by atoms with Gasteiger partial charge in [-0.1, -0.05) is 18.2 Å². The maximum atomic E-state index is 12.7. The summed E-state index contributed by atoms with van der Waals surface area (Å²) in [5.41, 5.74) is 0.832. The van der Waals surface area contributed by atoms with Gasteiger partial charge in [0.2, 0.25) is 15.9 Å². The van der Waals surface area contributed by atoms with Crippen LogP contribution in [0.1, 0.15) is 23.2 Å². The Labute approximate surface area is 178 Å². The summed E-state index contributed by atoms with van der Waals surface area (Å²) in [5.74, 6) is -0.778. The van der Waals surface area contributed by atoms with Crippen molar-refractivity contribution >= 4 is 43.5 Å². The van der Waals surface area contributed by atoms with E-state index in [1.807, 2.05) is 6.07 Å². The molecule has 0 atom stereocenters. The average molecular weight is 480 g/mol. The lowest BCUT2D eigenvalue weighted by molar-refractivity contribution is -0.116. The van der Waals surface area contributed by atoms with E-state index in [0.717, 1.165) is 17.3 Å². The lowest BCUT2D eigenvalue weighted by atomic mass is 10.2. The summed E-state index contributed by atoms with van der Waals surface area (Å²) in [7, 11) is -2.11. The molecule has 1 aliphatic rings. The van der Waals surface area contributed by atoms with Crippen molar-refractivity contribution in [2.45, 2.75) is 17.7 Å². The fourth-order valence-corrected chi connectivity index (χ4v) is 5.07. The highest BCUT2D eigenvalue weighted by atomic mass is 79.9. The van der Waals surface area contributed by atoms with Crippen LogP contribution in [0.25, 0.3) is 0 Å². The van der Waals surface area contributed by atoms with Crippen molar-refractivity contribution < 1.29 is 18.0 Å². The Morgan fingerprint density at radius 3 is 2.48 bits per heavy atom. The van der Waals surface area contributed by atoms with Crippen LogP contribution >= 0.6 is 15.9 Å². The lowest BCUT2D eigenvalue weighted by Gasteiger charge is -2.19. The fraction of sp³-hybridized carbons (Fsp3) is 0.300. The number of rotatable bonds is 6. The smallest absolute Gasteiger partial charge is 0.254 e. The zero-order chi connectivity index (χ0) is 21.0. The third kappa shape index (κ3) is 5.04. The highest BCUT2D eigenvalue weighted by molar-refractivity contribution is 9.10. The van der Waals surface area contributed by atoms with Gasteiger partial charge < -0.3 is 10.2 Å². The first-order chi connectivity index (χ1) is 13.8. The summed E-state index contributed by atoms with van der Waals surface area (Å²) in [6.45, 7) is 0.828. The minimum Gasteiger partial charge on any atom is -0.332 e.